The molecule has 0 aliphatic heterocycles. The molecule has 2 aromatic carbocycles. The van der Waals surface area contributed by atoms with E-state index in [2.05, 4.69) is 20.6 Å². The van der Waals surface area contributed by atoms with Crippen molar-refractivity contribution in [1.82, 2.24) is 9.97 Å². The maximum Gasteiger partial charge on any atom is 0.229 e. The van der Waals surface area contributed by atoms with Crippen LogP contribution in [0.1, 0.15) is 28.9 Å². The van der Waals surface area contributed by atoms with E-state index in [1.165, 1.54) is 12.1 Å². The van der Waals surface area contributed by atoms with E-state index in [1.54, 1.807) is 19.2 Å². The van der Waals surface area contributed by atoms with E-state index in [9.17, 15) is 9.18 Å². The Morgan fingerprint density at radius 1 is 1.00 bits per heavy atom. The van der Waals surface area contributed by atoms with Crippen LogP contribution in [0.15, 0.2) is 48.5 Å². The van der Waals surface area contributed by atoms with Gasteiger partial charge in [0, 0.05) is 12.1 Å². The second kappa shape index (κ2) is 7.64. The Morgan fingerprint density at radius 2 is 1.79 bits per heavy atom. The van der Waals surface area contributed by atoms with Gasteiger partial charge in [0.2, 0.25) is 5.95 Å². The Kier molecular flexibility index (Phi) is 4.89. The van der Waals surface area contributed by atoms with Crippen molar-refractivity contribution in [2.24, 2.45) is 0 Å². The Hall–Kier alpha value is -3.48. The molecule has 1 aromatic heterocycles. The number of carbonyl (C=O) groups excluding carboxylic acids is 1. The van der Waals surface area contributed by atoms with Crippen molar-refractivity contribution in [2.75, 3.05) is 17.7 Å². The molecule has 6 nitrogen and oxygen atoms in total. The van der Waals surface area contributed by atoms with Gasteiger partial charge in [0.15, 0.2) is 5.78 Å². The number of rotatable bonds is 5. The molecule has 28 heavy (non-hydrogen) atoms. The van der Waals surface area contributed by atoms with Crippen molar-refractivity contribution < 1.29 is 13.9 Å². The number of nitrogens with one attached hydrogen (secondary N) is 2. The molecule has 1 heterocycles. The summed E-state index contributed by atoms with van der Waals surface area (Å²) in [6, 6.07) is 13.4. The average molecular weight is 378 g/mol. The molecule has 0 bridgehead atoms. The Bertz CT molecular complexity index is 1020. The monoisotopic (exact) mass is 378 g/mol. The molecule has 0 saturated carbocycles. The summed E-state index contributed by atoms with van der Waals surface area (Å²) in [5, 5.41) is 6.30. The molecule has 4 rings (SSSR count). The van der Waals surface area contributed by atoms with Gasteiger partial charge in [-0.15, -0.1) is 0 Å². The summed E-state index contributed by atoms with van der Waals surface area (Å²) in [6.07, 6.45) is 1.92. The molecule has 0 spiro atoms. The number of para-hydroxylation sites is 2. The number of hydrogen-bond donors (Lipinski definition) is 2. The van der Waals surface area contributed by atoms with Crippen LogP contribution in [0.5, 0.6) is 5.75 Å². The van der Waals surface area contributed by atoms with Crippen molar-refractivity contribution >= 4 is 28.9 Å². The normalized spacial score (nSPS) is 13.0. The van der Waals surface area contributed by atoms with Crippen molar-refractivity contribution in [3.05, 3.63) is 65.6 Å². The van der Waals surface area contributed by atoms with E-state index in [0.29, 0.717) is 47.3 Å². The number of carbonyl (C=O) groups is 1. The summed E-state index contributed by atoms with van der Waals surface area (Å²) in [5.41, 5.74) is 2.57. The number of ether oxygens (including phenoxy) is 1. The Labute approximate surface area is 161 Å². The Balaban J connectivity index is 1.74. The fourth-order valence-electron chi connectivity index (χ4n) is 3.21. The second-order valence-electron chi connectivity index (χ2n) is 6.45. The van der Waals surface area contributed by atoms with Gasteiger partial charge in [-0.25, -0.2) is 9.37 Å². The molecule has 0 unspecified atom stereocenters. The highest BCUT2D eigenvalue weighted by molar-refractivity contribution is 6.03. The van der Waals surface area contributed by atoms with Crippen LogP contribution in [-0.2, 0) is 6.42 Å². The van der Waals surface area contributed by atoms with Gasteiger partial charge in [0.1, 0.15) is 17.4 Å². The molecular formula is C21H19FN4O2. The molecule has 7 heteroatoms. The molecule has 2 N–H and O–H groups in total. The van der Waals surface area contributed by atoms with Crippen LogP contribution in [0, 0.1) is 5.82 Å². The van der Waals surface area contributed by atoms with Gasteiger partial charge in [0.05, 0.1) is 24.1 Å². The number of methoxy groups -OCH3 is 1. The number of aryl methyl sites for hydroxylation is 1. The summed E-state index contributed by atoms with van der Waals surface area (Å²) < 4.78 is 18.6. The number of fused-ring (bicyclic) bond motifs is 1. The molecule has 0 radical (unpaired) electrons. The largest absolute Gasteiger partial charge is 0.495 e. The van der Waals surface area contributed by atoms with Crippen LogP contribution in [-0.4, -0.2) is 22.9 Å². The number of benzene rings is 2. The highest BCUT2D eigenvalue weighted by Crippen LogP contribution is 2.31. The van der Waals surface area contributed by atoms with E-state index >= 15 is 0 Å². The number of ketones is 1. The van der Waals surface area contributed by atoms with Gasteiger partial charge in [-0.1, -0.05) is 12.1 Å². The third-order valence-electron chi connectivity index (χ3n) is 4.54. The van der Waals surface area contributed by atoms with Crippen molar-refractivity contribution in [2.45, 2.75) is 19.3 Å². The van der Waals surface area contributed by atoms with Gasteiger partial charge in [-0.05, 0) is 49.2 Å². The predicted octanol–water partition coefficient (Wildman–Crippen LogP) is 4.63. The first-order chi connectivity index (χ1) is 13.6. The zero-order chi connectivity index (χ0) is 19.5. The maximum atomic E-state index is 13.2. The number of Topliss-reactive ketones (excluding diaryl/α,β-unsaturated/α-hetero) is 1. The van der Waals surface area contributed by atoms with Gasteiger partial charge >= 0.3 is 0 Å². The maximum absolute atomic E-state index is 13.2. The molecule has 0 atom stereocenters. The van der Waals surface area contributed by atoms with Gasteiger partial charge in [-0.3, -0.25) is 4.79 Å². The SMILES string of the molecule is COc1ccccc1Nc1nc2c(c(Nc3ccc(F)cc3)n1)C(=O)CCC2. The zero-order valence-corrected chi connectivity index (χ0v) is 15.3. The molecule has 0 amide bonds. The van der Waals surface area contributed by atoms with E-state index in [1.807, 2.05) is 24.3 Å². The minimum atomic E-state index is -0.329. The topological polar surface area (TPSA) is 76.1 Å². The minimum Gasteiger partial charge on any atom is -0.495 e. The molecule has 142 valence electrons. The smallest absolute Gasteiger partial charge is 0.229 e. The average Bonchev–Trinajstić information content (AvgIpc) is 2.70. The van der Waals surface area contributed by atoms with Crippen LogP contribution in [0.25, 0.3) is 0 Å². The van der Waals surface area contributed by atoms with E-state index in [0.717, 1.165) is 12.1 Å². The molecule has 0 saturated heterocycles. The lowest BCUT2D eigenvalue weighted by atomic mass is 9.95. The molecule has 1 aliphatic carbocycles. The van der Waals surface area contributed by atoms with Crippen molar-refractivity contribution in [3.63, 3.8) is 0 Å². The minimum absolute atomic E-state index is 0.00898. The van der Waals surface area contributed by atoms with E-state index in [4.69, 9.17) is 4.74 Å². The molecule has 0 fully saturated rings. The van der Waals surface area contributed by atoms with E-state index in [-0.39, 0.29) is 11.6 Å². The number of nitrogens with zero attached hydrogens (tertiary/aromatic N) is 2. The highest BCUT2D eigenvalue weighted by Gasteiger charge is 2.25. The number of anilines is 4. The van der Waals surface area contributed by atoms with Crippen LogP contribution in [0.4, 0.5) is 27.5 Å². The fourth-order valence-corrected chi connectivity index (χ4v) is 3.21. The summed E-state index contributed by atoms with van der Waals surface area (Å²) in [4.78, 5) is 21.6. The van der Waals surface area contributed by atoms with Crippen LogP contribution in [0.3, 0.4) is 0 Å². The first kappa shape index (κ1) is 17.9. The van der Waals surface area contributed by atoms with Crippen LogP contribution in [0.2, 0.25) is 0 Å². The van der Waals surface area contributed by atoms with Crippen LogP contribution >= 0.6 is 0 Å². The molecule has 3 aromatic rings. The van der Waals surface area contributed by atoms with Crippen LogP contribution < -0.4 is 15.4 Å². The lowest BCUT2D eigenvalue weighted by Crippen LogP contribution is -2.18. The first-order valence-corrected chi connectivity index (χ1v) is 9.01. The van der Waals surface area contributed by atoms with Gasteiger partial charge in [0.25, 0.3) is 0 Å². The fraction of sp³-hybridized carbons (Fsp3) is 0.190. The summed E-state index contributed by atoms with van der Waals surface area (Å²) >= 11 is 0. The highest BCUT2D eigenvalue weighted by atomic mass is 19.1. The third-order valence-corrected chi connectivity index (χ3v) is 4.54. The van der Waals surface area contributed by atoms with E-state index < -0.39 is 0 Å². The summed E-state index contributed by atoms with van der Waals surface area (Å²) in [6.45, 7) is 0. The van der Waals surface area contributed by atoms with Gasteiger partial charge in [-0.2, -0.15) is 4.98 Å². The van der Waals surface area contributed by atoms with Gasteiger partial charge < -0.3 is 15.4 Å². The Morgan fingerprint density at radius 3 is 2.57 bits per heavy atom. The quantitative estimate of drug-likeness (QED) is 0.674. The zero-order valence-electron chi connectivity index (χ0n) is 15.3. The summed E-state index contributed by atoms with van der Waals surface area (Å²) in [7, 11) is 1.59. The summed E-state index contributed by atoms with van der Waals surface area (Å²) in [5.74, 6) is 1.12. The molecule has 1 aliphatic rings. The molecular weight excluding hydrogens is 359 g/mol. The lowest BCUT2D eigenvalue weighted by molar-refractivity contribution is 0.0972. The number of aromatic nitrogens is 2. The predicted molar refractivity (Wildman–Crippen MR) is 105 cm³/mol. The lowest BCUT2D eigenvalue weighted by Gasteiger charge is -2.19. The first-order valence-electron chi connectivity index (χ1n) is 9.01. The standard InChI is InChI=1S/C21H19FN4O2/c1-28-18-8-3-2-5-15(18)24-21-25-16-6-4-7-17(27)19(16)20(26-21)23-14-11-9-13(22)10-12-14/h2-3,5,8-12H,4,6-7H2,1H3,(H2,23,24,25,26). The van der Waals surface area contributed by atoms with Crippen molar-refractivity contribution in [1.29, 1.82) is 0 Å². The third kappa shape index (κ3) is 3.64. The number of halogens is 1. The van der Waals surface area contributed by atoms with Crippen molar-refractivity contribution in [3.8, 4) is 5.75 Å². The second-order valence-corrected chi connectivity index (χ2v) is 6.45. The number of hydrogen-bond acceptors (Lipinski definition) is 6.